The van der Waals surface area contributed by atoms with Gasteiger partial charge < -0.3 is 36.9 Å². The Labute approximate surface area is 208 Å². The molecule has 14 heteroatoms. The van der Waals surface area contributed by atoms with Gasteiger partial charge in [0, 0.05) is 13.0 Å². The Balaban J connectivity index is 2.87. The van der Waals surface area contributed by atoms with E-state index in [4.69, 9.17) is 20.9 Å². The normalized spacial score (nSPS) is 13.6. The van der Waals surface area contributed by atoms with Gasteiger partial charge in [-0.3, -0.25) is 9.59 Å². The van der Waals surface area contributed by atoms with Crippen molar-refractivity contribution in [2.24, 2.45) is 16.6 Å². The summed E-state index contributed by atoms with van der Waals surface area (Å²) in [6.45, 7) is 3.81. The molecule has 36 heavy (non-hydrogen) atoms. The van der Waals surface area contributed by atoms with Crippen LogP contribution in [0, 0.1) is 10.1 Å². The van der Waals surface area contributed by atoms with Crippen LogP contribution in [0.4, 0.5) is 0 Å². The monoisotopic (exact) mass is 507 g/mol. The van der Waals surface area contributed by atoms with Gasteiger partial charge in [-0.15, -0.1) is 6.58 Å². The Morgan fingerprint density at radius 3 is 2.47 bits per heavy atom. The number of nitrogens with one attached hydrogen (secondary N) is 3. The fourth-order valence-electron chi connectivity index (χ4n) is 3.00. The van der Waals surface area contributed by atoms with E-state index >= 15 is 0 Å². The minimum absolute atomic E-state index is 0.0712. The van der Waals surface area contributed by atoms with Crippen LogP contribution >= 0.6 is 0 Å². The number of nitrogens with zero attached hydrogens (tertiary/aromatic N) is 2. The quantitative estimate of drug-likeness (QED) is 0.0342. The molecule has 1 rings (SSSR count). The summed E-state index contributed by atoms with van der Waals surface area (Å²) in [7, 11) is 1.17. The average molecular weight is 508 g/mol. The maximum absolute atomic E-state index is 13.1. The Kier molecular flexibility index (Phi) is 13.8. The van der Waals surface area contributed by atoms with Crippen LogP contribution in [0.3, 0.4) is 0 Å². The lowest BCUT2D eigenvalue weighted by molar-refractivity contribution is -0.485. The molecule has 0 fully saturated rings. The molecule has 14 nitrogen and oxygen atoms in total. The molecule has 0 aromatic heterocycles. The number of hydrogen-bond acceptors (Lipinski definition) is 8. The molecule has 7 N–H and O–H groups in total. The third kappa shape index (κ3) is 11.9. The number of ether oxygens (including phenoxy) is 2. The second-order valence-corrected chi connectivity index (χ2v) is 7.56. The summed E-state index contributed by atoms with van der Waals surface area (Å²) in [4.78, 5) is 48.3. The van der Waals surface area contributed by atoms with Gasteiger partial charge in [-0.25, -0.2) is 14.9 Å². The number of hydrazone groups is 1. The number of rotatable bonds is 16. The largest absolute Gasteiger partial charge is 0.467 e. The van der Waals surface area contributed by atoms with E-state index in [2.05, 4.69) is 27.6 Å². The molecular weight excluding hydrogens is 474 g/mol. The number of nitro groups is 1. The number of hydrogen-bond donors (Lipinski definition) is 5. The van der Waals surface area contributed by atoms with Gasteiger partial charge in [-0.1, -0.05) is 36.4 Å². The molecule has 198 valence electrons. The van der Waals surface area contributed by atoms with Crippen LogP contribution in [0.5, 0.6) is 0 Å². The van der Waals surface area contributed by atoms with Gasteiger partial charge in [0.25, 0.3) is 5.96 Å². The first-order chi connectivity index (χ1) is 17.2. The first kappa shape index (κ1) is 30.0. The fourth-order valence-corrected chi connectivity index (χ4v) is 3.00. The predicted octanol–water partition coefficient (Wildman–Crippen LogP) is -1.22. The van der Waals surface area contributed by atoms with Crippen LogP contribution in [0.25, 0.3) is 0 Å². The maximum atomic E-state index is 13.1. The summed E-state index contributed by atoms with van der Waals surface area (Å²) in [6.07, 6.45) is 2.07. The van der Waals surface area contributed by atoms with Crippen molar-refractivity contribution in [2.45, 2.75) is 37.4 Å². The summed E-state index contributed by atoms with van der Waals surface area (Å²) in [5.41, 5.74) is 12.0. The molecule has 3 atom stereocenters. The maximum Gasteiger partial charge on any atom is 0.328 e. The zero-order valence-electron chi connectivity index (χ0n) is 20.1. The molecule has 0 heterocycles. The van der Waals surface area contributed by atoms with E-state index in [0.717, 1.165) is 5.56 Å². The van der Waals surface area contributed by atoms with E-state index in [1.807, 2.05) is 6.07 Å². The Hall–Kier alpha value is -4.04. The van der Waals surface area contributed by atoms with Gasteiger partial charge in [0.2, 0.25) is 11.8 Å². The molecule has 0 aliphatic heterocycles. The van der Waals surface area contributed by atoms with E-state index in [1.165, 1.54) is 13.2 Å². The minimum Gasteiger partial charge on any atom is -0.467 e. The summed E-state index contributed by atoms with van der Waals surface area (Å²) >= 11 is 0. The Bertz CT molecular complexity index is 911. The minimum atomic E-state index is -1.04. The van der Waals surface area contributed by atoms with Gasteiger partial charge >= 0.3 is 5.97 Å². The lowest BCUT2D eigenvalue weighted by Gasteiger charge is -2.23. The summed E-state index contributed by atoms with van der Waals surface area (Å²) in [6, 6.07) is 5.87. The number of methoxy groups -OCH3 is 1. The van der Waals surface area contributed by atoms with E-state index in [0.29, 0.717) is 0 Å². The van der Waals surface area contributed by atoms with Gasteiger partial charge in [-0.05, 0) is 18.4 Å². The standard InChI is InChI=1S/C22H33N7O7/c1-3-12-36-14-16(23)19(30)27-18(13-15-8-5-4-6-9-15)20(31)26-17(21(32)35-2)10-7-11-25-22(24)28-29(33)34/h3-6,8-9,16-18H,1,7,10-14,23H2,2H3,(H,26,31)(H,27,30)(H3,24,25,28). The summed E-state index contributed by atoms with van der Waals surface area (Å²) in [5, 5.41) is 20.0. The van der Waals surface area contributed by atoms with Crippen LogP contribution in [0.1, 0.15) is 18.4 Å². The van der Waals surface area contributed by atoms with Crippen molar-refractivity contribution in [3.8, 4) is 0 Å². The highest BCUT2D eigenvalue weighted by Gasteiger charge is 2.28. The first-order valence-corrected chi connectivity index (χ1v) is 11.1. The third-order valence-corrected chi connectivity index (χ3v) is 4.75. The highest BCUT2D eigenvalue weighted by atomic mass is 16.7. The number of amides is 2. The summed E-state index contributed by atoms with van der Waals surface area (Å²) < 4.78 is 9.98. The predicted molar refractivity (Wildman–Crippen MR) is 131 cm³/mol. The van der Waals surface area contributed by atoms with Crippen LogP contribution in [0.15, 0.2) is 48.1 Å². The molecule has 0 saturated heterocycles. The summed E-state index contributed by atoms with van der Waals surface area (Å²) in [5.74, 6) is -2.31. The van der Waals surface area contributed by atoms with Crippen molar-refractivity contribution in [3.63, 3.8) is 0 Å². The van der Waals surface area contributed by atoms with Crippen molar-refractivity contribution < 1.29 is 28.9 Å². The molecule has 0 spiro atoms. The molecule has 2 amide bonds. The lowest BCUT2D eigenvalue weighted by Crippen LogP contribution is -2.56. The molecule has 1 aromatic rings. The molecule has 0 radical (unpaired) electrons. The van der Waals surface area contributed by atoms with Crippen LogP contribution in [-0.4, -0.2) is 73.8 Å². The molecule has 0 saturated carbocycles. The molecular formula is C22H33N7O7. The van der Waals surface area contributed by atoms with Crippen LogP contribution in [0.2, 0.25) is 0 Å². The molecule has 0 aliphatic carbocycles. The van der Waals surface area contributed by atoms with Gasteiger partial charge in [0.15, 0.2) is 5.03 Å². The van der Waals surface area contributed by atoms with Crippen molar-refractivity contribution >= 4 is 23.7 Å². The van der Waals surface area contributed by atoms with Gasteiger partial charge in [-0.2, -0.15) is 0 Å². The average Bonchev–Trinajstić information content (AvgIpc) is 2.85. The topological polar surface area (TPSA) is 213 Å². The number of benzene rings is 1. The van der Waals surface area contributed by atoms with Crippen molar-refractivity contribution in [1.29, 1.82) is 0 Å². The zero-order valence-corrected chi connectivity index (χ0v) is 20.1. The Morgan fingerprint density at radius 1 is 1.19 bits per heavy atom. The second kappa shape index (κ2) is 16.6. The molecule has 1 aromatic carbocycles. The highest BCUT2D eigenvalue weighted by Crippen LogP contribution is 2.06. The van der Waals surface area contributed by atoms with Crippen LogP contribution < -0.4 is 27.4 Å². The zero-order chi connectivity index (χ0) is 26.9. The van der Waals surface area contributed by atoms with Gasteiger partial charge in [0.05, 0.1) is 20.3 Å². The first-order valence-electron chi connectivity index (χ1n) is 11.1. The number of esters is 1. The highest BCUT2D eigenvalue weighted by molar-refractivity contribution is 5.92. The second-order valence-electron chi connectivity index (χ2n) is 7.56. The van der Waals surface area contributed by atoms with Gasteiger partial charge in [0.1, 0.15) is 23.2 Å². The SMILES string of the molecule is C=CCOCC(N)C(=O)NC(Cc1ccccc1)C(=O)NC(CCCN/C(N)=N/[N+](=O)[O-])C(=O)OC. The smallest absolute Gasteiger partial charge is 0.328 e. The van der Waals surface area contributed by atoms with E-state index < -0.39 is 46.9 Å². The Morgan fingerprint density at radius 2 is 1.86 bits per heavy atom. The fraction of sp³-hybridized carbons (Fsp3) is 0.455. The van der Waals surface area contributed by atoms with E-state index in [1.54, 1.807) is 24.3 Å². The number of carbonyl (C=O) groups is 3. The van der Waals surface area contributed by atoms with E-state index in [-0.39, 0.29) is 39.0 Å². The molecule has 0 aliphatic rings. The molecule has 3 unspecified atom stereocenters. The third-order valence-electron chi connectivity index (χ3n) is 4.75. The number of carbonyl (C=O) groups excluding carboxylic acids is 3. The number of guanidine groups is 1. The van der Waals surface area contributed by atoms with E-state index in [9.17, 15) is 24.5 Å². The van der Waals surface area contributed by atoms with Crippen molar-refractivity contribution in [1.82, 2.24) is 16.0 Å². The van der Waals surface area contributed by atoms with Crippen molar-refractivity contribution in [3.05, 3.63) is 58.7 Å². The van der Waals surface area contributed by atoms with Crippen molar-refractivity contribution in [2.75, 3.05) is 26.9 Å². The lowest BCUT2D eigenvalue weighted by atomic mass is 10.0. The number of nitrogens with two attached hydrogens (primary N) is 2. The molecule has 0 bridgehead atoms. The van der Waals surface area contributed by atoms with Crippen LogP contribution in [-0.2, 0) is 30.3 Å².